The monoisotopic (exact) mass is 381 g/mol. The van der Waals surface area contributed by atoms with E-state index in [-0.39, 0.29) is 11.5 Å². The molecule has 3 fully saturated rings. The van der Waals surface area contributed by atoms with Crippen LogP contribution in [0.25, 0.3) is 0 Å². The Morgan fingerprint density at radius 2 is 1.86 bits per heavy atom. The minimum Gasteiger partial charge on any atom is -0.369 e. The number of nitrogens with zero attached hydrogens (tertiary/aromatic N) is 3. The maximum atomic E-state index is 13.5. The van der Waals surface area contributed by atoms with Crippen LogP contribution in [0.3, 0.4) is 0 Å². The Balaban J connectivity index is 1.45. The Labute approximate surface area is 169 Å². The third-order valence-electron chi connectivity index (χ3n) is 8.32. The first kappa shape index (κ1) is 18.6. The predicted molar refractivity (Wildman–Crippen MR) is 114 cm³/mol. The van der Waals surface area contributed by atoms with Crippen molar-refractivity contribution in [3.8, 4) is 0 Å². The van der Waals surface area contributed by atoms with Crippen molar-refractivity contribution < 1.29 is 4.79 Å². The molecule has 2 aliphatic heterocycles. The lowest BCUT2D eigenvalue weighted by Gasteiger charge is -2.54. The van der Waals surface area contributed by atoms with Crippen molar-refractivity contribution in [3.63, 3.8) is 0 Å². The largest absolute Gasteiger partial charge is 0.369 e. The molecule has 5 rings (SSSR count). The lowest BCUT2D eigenvalue weighted by atomic mass is 9.58. The SMILES string of the molecule is CCN1CCN(c2ccc3c(c2)[C@]2(C)CCN(CC4CC4)[C@H](C3=O)[C@@H]2C)CC1. The van der Waals surface area contributed by atoms with Gasteiger partial charge in [-0.05, 0) is 73.4 Å². The first-order chi connectivity index (χ1) is 13.5. The van der Waals surface area contributed by atoms with Crippen LogP contribution >= 0.6 is 0 Å². The third-order valence-corrected chi connectivity index (χ3v) is 8.32. The molecule has 0 N–H and O–H groups in total. The van der Waals surface area contributed by atoms with Crippen LogP contribution < -0.4 is 4.90 Å². The normalized spacial score (nSPS) is 33.8. The van der Waals surface area contributed by atoms with Crippen molar-refractivity contribution in [1.29, 1.82) is 0 Å². The molecule has 0 radical (unpaired) electrons. The molecule has 0 amide bonds. The zero-order chi connectivity index (χ0) is 19.5. The number of piperazine rings is 1. The van der Waals surface area contributed by atoms with Crippen molar-refractivity contribution in [2.45, 2.75) is 51.5 Å². The molecule has 2 heterocycles. The summed E-state index contributed by atoms with van der Waals surface area (Å²) in [4.78, 5) is 21.0. The van der Waals surface area contributed by atoms with Gasteiger partial charge in [-0.2, -0.15) is 0 Å². The number of benzene rings is 1. The molecule has 152 valence electrons. The number of likely N-dealkylation sites (tertiary alicyclic amines) is 1. The van der Waals surface area contributed by atoms with Crippen LogP contribution in [0, 0.1) is 11.8 Å². The van der Waals surface area contributed by atoms with Crippen LogP contribution in [-0.2, 0) is 5.41 Å². The Hall–Kier alpha value is -1.39. The van der Waals surface area contributed by atoms with Crippen LogP contribution in [0.2, 0.25) is 0 Å². The van der Waals surface area contributed by atoms with Gasteiger partial charge >= 0.3 is 0 Å². The topological polar surface area (TPSA) is 26.8 Å². The van der Waals surface area contributed by atoms with Gasteiger partial charge in [-0.25, -0.2) is 0 Å². The zero-order valence-electron chi connectivity index (χ0n) is 17.8. The number of rotatable bonds is 4. The lowest BCUT2D eigenvalue weighted by molar-refractivity contribution is 0.0266. The molecule has 1 aromatic rings. The van der Waals surface area contributed by atoms with Gasteiger partial charge in [0.15, 0.2) is 5.78 Å². The van der Waals surface area contributed by atoms with Gasteiger partial charge in [-0.15, -0.1) is 0 Å². The maximum absolute atomic E-state index is 13.5. The summed E-state index contributed by atoms with van der Waals surface area (Å²) in [5.41, 5.74) is 3.76. The molecule has 0 spiro atoms. The minimum absolute atomic E-state index is 0.0887. The number of Topliss-reactive ketones (excluding diaryl/α,β-unsaturated/α-hetero) is 1. The molecule has 1 aromatic carbocycles. The van der Waals surface area contributed by atoms with E-state index in [9.17, 15) is 4.79 Å². The number of anilines is 1. The highest BCUT2D eigenvalue weighted by atomic mass is 16.1. The highest BCUT2D eigenvalue weighted by Crippen LogP contribution is 2.50. The lowest BCUT2D eigenvalue weighted by Crippen LogP contribution is -2.61. The van der Waals surface area contributed by atoms with E-state index >= 15 is 0 Å². The fourth-order valence-electron chi connectivity index (χ4n) is 5.91. The van der Waals surface area contributed by atoms with Crippen LogP contribution in [0.15, 0.2) is 18.2 Å². The molecule has 1 saturated carbocycles. The second-order valence-corrected chi connectivity index (χ2v) is 9.85. The van der Waals surface area contributed by atoms with E-state index in [1.807, 2.05) is 0 Å². The van der Waals surface area contributed by atoms with Crippen molar-refractivity contribution >= 4 is 11.5 Å². The molecule has 4 heteroatoms. The van der Waals surface area contributed by atoms with Crippen molar-refractivity contribution in [2.24, 2.45) is 11.8 Å². The highest BCUT2D eigenvalue weighted by molar-refractivity contribution is 6.04. The van der Waals surface area contributed by atoms with Crippen LogP contribution in [0.4, 0.5) is 5.69 Å². The number of likely N-dealkylation sites (N-methyl/N-ethyl adjacent to an activating group) is 1. The fourth-order valence-corrected chi connectivity index (χ4v) is 5.91. The second-order valence-electron chi connectivity index (χ2n) is 9.85. The summed E-state index contributed by atoms with van der Waals surface area (Å²) >= 11 is 0. The third kappa shape index (κ3) is 2.91. The Morgan fingerprint density at radius 1 is 1.11 bits per heavy atom. The van der Waals surface area contributed by atoms with Gasteiger partial charge in [0.05, 0.1) is 6.04 Å². The van der Waals surface area contributed by atoms with E-state index < -0.39 is 0 Å². The first-order valence-electron chi connectivity index (χ1n) is 11.4. The average molecular weight is 382 g/mol. The van der Waals surface area contributed by atoms with Gasteiger partial charge in [0.1, 0.15) is 0 Å². The Morgan fingerprint density at radius 3 is 2.54 bits per heavy atom. The quantitative estimate of drug-likeness (QED) is 0.799. The number of carbonyl (C=O) groups excluding carboxylic acids is 1. The Kier molecular flexibility index (Phi) is 4.55. The number of piperidine rings is 1. The highest BCUT2D eigenvalue weighted by Gasteiger charge is 2.53. The number of fused-ring (bicyclic) bond motifs is 4. The number of ketones is 1. The van der Waals surface area contributed by atoms with E-state index in [4.69, 9.17) is 0 Å². The van der Waals surface area contributed by atoms with Gasteiger partial charge in [-0.1, -0.05) is 20.8 Å². The van der Waals surface area contributed by atoms with E-state index in [0.717, 1.165) is 57.3 Å². The van der Waals surface area contributed by atoms with Crippen LogP contribution in [0.1, 0.15) is 56.0 Å². The minimum atomic E-state index is 0.0887. The summed E-state index contributed by atoms with van der Waals surface area (Å²) in [7, 11) is 0. The molecular weight excluding hydrogens is 346 g/mol. The standard InChI is InChI=1S/C24H35N3O/c1-4-25-11-13-26(14-12-25)19-7-8-20-21(15-19)24(3)9-10-27(16-18-5-6-18)22(17(24)2)23(20)28/h7-8,15,17-18,22H,4-6,9-14,16H2,1-3H3/t17-,22-,24+/m0/s1. The smallest absolute Gasteiger partial charge is 0.180 e. The van der Waals surface area contributed by atoms with Crippen LogP contribution in [-0.4, -0.2) is 67.4 Å². The van der Waals surface area contributed by atoms with E-state index in [1.54, 1.807) is 0 Å². The van der Waals surface area contributed by atoms with Crippen molar-refractivity contribution in [1.82, 2.24) is 9.80 Å². The molecule has 28 heavy (non-hydrogen) atoms. The molecule has 0 aromatic heterocycles. The van der Waals surface area contributed by atoms with Gasteiger partial charge in [-0.3, -0.25) is 9.69 Å². The number of hydrogen-bond acceptors (Lipinski definition) is 4. The molecule has 4 nitrogen and oxygen atoms in total. The molecule has 0 unspecified atom stereocenters. The summed E-state index contributed by atoms with van der Waals surface area (Å²) in [6.45, 7) is 14.8. The average Bonchev–Trinajstić information content (AvgIpc) is 3.53. The van der Waals surface area contributed by atoms with E-state index in [1.165, 1.54) is 30.5 Å². The van der Waals surface area contributed by atoms with Gasteiger partial charge in [0, 0.05) is 44.0 Å². The first-order valence-corrected chi connectivity index (χ1v) is 11.4. The fraction of sp³-hybridized carbons (Fsp3) is 0.708. The summed E-state index contributed by atoms with van der Waals surface area (Å²) in [5.74, 6) is 1.62. The van der Waals surface area contributed by atoms with Crippen molar-refractivity contribution in [2.75, 3.05) is 50.7 Å². The molecule has 3 atom stereocenters. The van der Waals surface area contributed by atoms with E-state index in [2.05, 4.69) is 53.7 Å². The summed E-state index contributed by atoms with van der Waals surface area (Å²) < 4.78 is 0. The van der Waals surface area contributed by atoms with Gasteiger partial charge in [0.25, 0.3) is 0 Å². The van der Waals surface area contributed by atoms with Crippen molar-refractivity contribution in [3.05, 3.63) is 29.3 Å². The predicted octanol–water partition coefficient (Wildman–Crippen LogP) is 3.40. The second kappa shape index (κ2) is 6.84. The van der Waals surface area contributed by atoms with Crippen LogP contribution in [0.5, 0.6) is 0 Å². The summed E-state index contributed by atoms with van der Waals surface area (Å²) in [6.07, 6.45) is 3.88. The molecular formula is C24H35N3O. The zero-order valence-corrected chi connectivity index (χ0v) is 17.8. The maximum Gasteiger partial charge on any atom is 0.180 e. The van der Waals surface area contributed by atoms with Gasteiger partial charge in [0.2, 0.25) is 0 Å². The molecule has 4 aliphatic rings. The van der Waals surface area contributed by atoms with Gasteiger partial charge < -0.3 is 9.80 Å². The molecule has 2 bridgehead atoms. The summed E-state index contributed by atoms with van der Waals surface area (Å²) in [6, 6.07) is 6.82. The molecule has 2 saturated heterocycles. The number of carbonyl (C=O) groups is 1. The van der Waals surface area contributed by atoms with E-state index in [0.29, 0.717) is 11.7 Å². The Bertz CT molecular complexity index is 765. The number of hydrogen-bond donors (Lipinski definition) is 0. The molecule has 2 aliphatic carbocycles. The summed E-state index contributed by atoms with van der Waals surface area (Å²) in [5, 5.41) is 0.